The molecule has 0 aromatic rings. The number of ether oxygens (including phenoxy) is 1. The van der Waals surface area contributed by atoms with Crippen LogP contribution in [0.15, 0.2) is 0 Å². The zero-order chi connectivity index (χ0) is 11.2. The first-order valence-electron chi connectivity index (χ1n) is 5.39. The summed E-state index contributed by atoms with van der Waals surface area (Å²) in [5.74, 6) is 0.592. The van der Waals surface area contributed by atoms with E-state index in [1.165, 1.54) is 0 Å². The molecule has 0 radical (unpaired) electrons. The summed E-state index contributed by atoms with van der Waals surface area (Å²) in [6.45, 7) is 7.45. The standard InChI is InChI=1S/C11H22F2O/c1-9(2)7-5-6-8-11(12,13)14-10(3)4/h9-10H,5-8H2,1-4H3. The van der Waals surface area contributed by atoms with Crippen LogP contribution in [0.5, 0.6) is 0 Å². The molecule has 0 amide bonds. The monoisotopic (exact) mass is 208 g/mol. The Labute approximate surface area is 85.8 Å². The summed E-state index contributed by atoms with van der Waals surface area (Å²) >= 11 is 0. The summed E-state index contributed by atoms with van der Waals surface area (Å²) in [6.07, 6.45) is -1.09. The second kappa shape index (κ2) is 6.33. The molecule has 3 heteroatoms. The van der Waals surface area contributed by atoms with Gasteiger partial charge in [-0.1, -0.05) is 26.7 Å². The largest absolute Gasteiger partial charge is 0.355 e. The van der Waals surface area contributed by atoms with Gasteiger partial charge in [-0.3, -0.25) is 0 Å². The van der Waals surface area contributed by atoms with Crippen molar-refractivity contribution in [1.29, 1.82) is 0 Å². The van der Waals surface area contributed by atoms with Crippen molar-refractivity contribution in [2.75, 3.05) is 0 Å². The minimum atomic E-state index is -2.94. The van der Waals surface area contributed by atoms with Crippen molar-refractivity contribution in [2.24, 2.45) is 5.92 Å². The van der Waals surface area contributed by atoms with Crippen LogP contribution in [0.2, 0.25) is 0 Å². The molecule has 0 aromatic carbocycles. The van der Waals surface area contributed by atoms with Gasteiger partial charge in [0.25, 0.3) is 0 Å². The van der Waals surface area contributed by atoms with E-state index in [2.05, 4.69) is 18.6 Å². The predicted octanol–water partition coefficient (Wildman–Crippen LogP) is 4.22. The van der Waals surface area contributed by atoms with Crippen molar-refractivity contribution in [3.8, 4) is 0 Å². The number of hydrogen-bond donors (Lipinski definition) is 0. The summed E-state index contributed by atoms with van der Waals surface area (Å²) in [6, 6.07) is 0. The third-order valence-corrected chi connectivity index (χ3v) is 1.91. The number of unbranched alkanes of at least 4 members (excludes halogenated alkanes) is 1. The molecule has 0 aliphatic carbocycles. The molecule has 0 unspecified atom stereocenters. The molecule has 0 aliphatic heterocycles. The van der Waals surface area contributed by atoms with Crippen LogP contribution in [-0.4, -0.2) is 12.2 Å². The molecule has 0 saturated heterocycles. The van der Waals surface area contributed by atoms with Crippen molar-refractivity contribution in [3.63, 3.8) is 0 Å². The first-order valence-corrected chi connectivity index (χ1v) is 5.39. The van der Waals surface area contributed by atoms with Gasteiger partial charge in [-0.2, -0.15) is 8.78 Å². The van der Waals surface area contributed by atoms with E-state index in [0.717, 1.165) is 12.8 Å². The number of rotatable bonds is 7. The van der Waals surface area contributed by atoms with Crippen LogP contribution in [0.4, 0.5) is 8.78 Å². The topological polar surface area (TPSA) is 9.23 Å². The van der Waals surface area contributed by atoms with E-state index in [-0.39, 0.29) is 6.42 Å². The molecule has 0 heterocycles. The number of halogens is 2. The lowest BCUT2D eigenvalue weighted by Gasteiger charge is -2.19. The van der Waals surface area contributed by atoms with Crippen LogP contribution in [0.1, 0.15) is 53.4 Å². The molecule has 14 heavy (non-hydrogen) atoms. The average Bonchev–Trinajstić information content (AvgIpc) is 1.95. The van der Waals surface area contributed by atoms with Gasteiger partial charge in [0.15, 0.2) is 0 Å². The summed E-state index contributed by atoms with van der Waals surface area (Å²) in [5, 5.41) is 0. The van der Waals surface area contributed by atoms with Crippen molar-refractivity contribution >= 4 is 0 Å². The summed E-state index contributed by atoms with van der Waals surface area (Å²) < 4.78 is 30.5. The highest BCUT2D eigenvalue weighted by Crippen LogP contribution is 2.25. The van der Waals surface area contributed by atoms with E-state index in [0.29, 0.717) is 12.3 Å². The predicted molar refractivity (Wildman–Crippen MR) is 54.5 cm³/mol. The van der Waals surface area contributed by atoms with Gasteiger partial charge in [-0.25, -0.2) is 0 Å². The minimum absolute atomic E-state index is 0.155. The molecule has 0 saturated carbocycles. The lowest BCUT2D eigenvalue weighted by atomic mass is 10.1. The van der Waals surface area contributed by atoms with E-state index in [1.807, 2.05) is 0 Å². The zero-order valence-corrected chi connectivity index (χ0v) is 9.65. The van der Waals surface area contributed by atoms with E-state index in [1.54, 1.807) is 13.8 Å². The Morgan fingerprint density at radius 3 is 2.07 bits per heavy atom. The van der Waals surface area contributed by atoms with Gasteiger partial charge < -0.3 is 4.74 Å². The quantitative estimate of drug-likeness (QED) is 0.569. The molecule has 0 rings (SSSR count). The molecule has 0 spiro atoms. The number of alkyl halides is 2. The van der Waals surface area contributed by atoms with Crippen LogP contribution in [-0.2, 0) is 4.74 Å². The fourth-order valence-corrected chi connectivity index (χ4v) is 1.29. The highest BCUT2D eigenvalue weighted by atomic mass is 19.3. The Morgan fingerprint density at radius 2 is 1.64 bits per heavy atom. The van der Waals surface area contributed by atoms with Crippen molar-refractivity contribution in [2.45, 2.75) is 65.6 Å². The normalized spacial score (nSPS) is 12.9. The third kappa shape index (κ3) is 8.42. The smallest absolute Gasteiger partial charge is 0.318 e. The molecule has 0 bridgehead atoms. The molecule has 0 fully saturated rings. The van der Waals surface area contributed by atoms with Crippen LogP contribution in [0.3, 0.4) is 0 Å². The summed E-state index contributed by atoms with van der Waals surface area (Å²) in [4.78, 5) is 0. The van der Waals surface area contributed by atoms with E-state index >= 15 is 0 Å². The van der Waals surface area contributed by atoms with Gasteiger partial charge in [0.05, 0.1) is 6.10 Å². The Morgan fingerprint density at radius 1 is 1.07 bits per heavy atom. The highest BCUT2D eigenvalue weighted by molar-refractivity contribution is 4.56. The summed E-state index contributed by atoms with van der Waals surface area (Å²) in [7, 11) is 0. The van der Waals surface area contributed by atoms with Gasteiger partial charge >= 0.3 is 6.11 Å². The molecular formula is C11H22F2O. The van der Waals surface area contributed by atoms with E-state index < -0.39 is 12.2 Å². The van der Waals surface area contributed by atoms with Crippen molar-refractivity contribution in [3.05, 3.63) is 0 Å². The molecule has 1 nitrogen and oxygen atoms in total. The van der Waals surface area contributed by atoms with E-state index in [4.69, 9.17) is 0 Å². The van der Waals surface area contributed by atoms with Gasteiger partial charge in [-0.05, 0) is 26.2 Å². The van der Waals surface area contributed by atoms with Crippen LogP contribution >= 0.6 is 0 Å². The van der Waals surface area contributed by atoms with Gasteiger partial charge in [0, 0.05) is 6.42 Å². The first kappa shape index (κ1) is 13.8. The Hall–Kier alpha value is -0.180. The number of hydrogen-bond acceptors (Lipinski definition) is 1. The first-order chi connectivity index (χ1) is 6.33. The van der Waals surface area contributed by atoms with E-state index in [9.17, 15) is 8.78 Å². The van der Waals surface area contributed by atoms with Crippen molar-refractivity contribution < 1.29 is 13.5 Å². The summed E-state index contributed by atoms with van der Waals surface area (Å²) in [5.41, 5.74) is 0. The minimum Gasteiger partial charge on any atom is -0.318 e. The molecule has 0 aliphatic rings. The van der Waals surface area contributed by atoms with Crippen LogP contribution in [0, 0.1) is 5.92 Å². The third-order valence-electron chi connectivity index (χ3n) is 1.91. The van der Waals surface area contributed by atoms with Gasteiger partial charge in [0.2, 0.25) is 0 Å². The molecule has 0 atom stereocenters. The lowest BCUT2D eigenvalue weighted by Crippen LogP contribution is -2.24. The lowest BCUT2D eigenvalue weighted by molar-refractivity contribution is -0.260. The van der Waals surface area contributed by atoms with Gasteiger partial charge in [0.1, 0.15) is 0 Å². The second-order valence-electron chi connectivity index (χ2n) is 4.44. The maximum absolute atomic E-state index is 13.0. The Balaban J connectivity index is 3.55. The molecular weight excluding hydrogens is 186 g/mol. The maximum atomic E-state index is 13.0. The van der Waals surface area contributed by atoms with Gasteiger partial charge in [-0.15, -0.1) is 0 Å². The Bertz CT molecular complexity index is 144. The molecule has 0 aromatic heterocycles. The van der Waals surface area contributed by atoms with Crippen molar-refractivity contribution in [1.82, 2.24) is 0 Å². The SMILES string of the molecule is CC(C)CCCCC(F)(F)OC(C)C. The Kier molecular flexibility index (Phi) is 6.25. The maximum Gasteiger partial charge on any atom is 0.355 e. The highest BCUT2D eigenvalue weighted by Gasteiger charge is 2.30. The second-order valence-corrected chi connectivity index (χ2v) is 4.44. The average molecular weight is 208 g/mol. The van der Waals surface area contributed by atoms with Crippen LogP contribution in [0.25, 0.3) is 0 Å². The van der Waals surface area contributed by atoms with Crippen LogP contribution < -0.4 is 0 Å². The fraction of sp³-hybridized carbons (Fsp3) is 1.00. The fourth-order valence-electron chi connectivity index (χ4n) is 1.29. The molecule has 0 N–H and O–H groups in total. The zero-order valence-electron chi connectivity index (χ0n) is 9.65. The molecule has 86 valence electrons.